The van der Waals surface area contributed by atoms with Crippen LogP contribution in [0.25, 0.3) is 0 Å². The predicted octanol–water partition coefficient (Wildman–Crippen LogP) is 4.97. The van der Waals surface area contributed by atoms with E-state index in [4.69, 9.17) is 10.5 Å². The van der Waals surface area contributed by atoms with Gasteiger partial charge in [0.05, 0.1) is 12.7 Å². The van der Waals surface area contributed by atoms with E-state index in [1.165, 1.54) is 6.42 Å². The Kier molecular flexibility index (Phi) is 15.3. The highest BCUT2D eigenvalue weighted by molar-refractivity contribution is 5.22. The summed E-state index contributed by atoms with van der Waals surface area (Å²) in [6.07, 6.45) is 10.6. The minimum atomic E-state index is -0.636. The number of methoxy groups -OCH3 is 1. The second-order valence-corrected chi connectivity index (χ2v) is 5.34. The minimum absolute atomic E-state index is 0.0203. The predicted molar refractivity (Wildman–Crippen MR) is 102 cm³/mol. The molecule has 0 bridgehead atoms. The maximum absolute atomic E-state index is 10.8. The lowest BCUT2D eigenvalue weighted by Crippen LogP contribution is -2.44. The first-order valence-electron chi connectivity index (χ1n) is 9.04. The van der Waals surface area contributed by atoms with Gasteiger partial charge in [-0.3, -0.25) is 0 Å². The number of aliphatic hydroxyl groups is 1. The molecule has 136 valence electrons. The van der Waals surface area contributed by atoms with Gasteiger partial charge < -0.3 is 15.6 Å². The molecule has 0 aromatic carbocycles. The number of rotatable bonds is 6. The van der Waals surface area contributed by atoms with Crippen LogP contribution in [-0.2, 0) is 4.74 Å². The third kappa shape index (κ3) is 8.38. The van der Waals surface area contributed by atoms with Crippen molar-refractivity contribution < 1.29 is 9.84 Å². The van der Waals surface area contributed by atoms with E-state index in [1.807, 2.05) is 46.8 Å². The van der Waals surface area contributed by atoms with Crippen LogP contribution in [0, 0.1) is 5.92 Å². The molecule has 0 heterocycles. The van der Waals surface area contributed by atoms with E-state index in [1.54, 1.807) is 13.2 Å². The molecule has 3 nitrogen and oxygen atoms in total. The van der Waals surface area contributed by atoms with Crippen molar-refractivity contribution >= 4 is 0 Å². The lowest BCUT2D eigenvalue weighted by Gasteiger charge is -2.39. The van der Waals surface area contributed by atoms with Gasteiger partial charge in [-0.2, -0.15) is 0 Å². The molecule has 0 spiro atoms. The van der Waals surface area contributed by atoms with Crippen LogP contribution in [0.3, 0.4) is 0 Å². The van der Waals surface area contributed by atoms with Gasteiger partial charge in [-0.05, 0) is 31.9 Å². The first-order valence-corrected chi connectivity index (χ1v) is 9.04. The molecule has 0 amide bonds. The Labute approximate surface area is 144 Å². The Morgan fingerprint density at radius 2 is 1.70 bits per heavy atom. The number of hydrogen-bond donors (Lipinski definition) is 2. The average Bonchev–Trinajstić information content (AvgIpc) is 2.60. The summed E-state index contributed by atoms with van der Waals surface area (Å²) < 4.78 is 5.14. The molecule has 1 fully saturated rings. The quantitative estimate of drug-likeness (QED) is 0.535. The van der Waals surface area contributed by atoms with Crippen molar-refractivity contribution in [3.8, 4) is 0 Å². The number of nitrogens with two attached hydrogens (primary N) is 1. The van der Waals surface area contributed by atoms with Crippen molar-refractivity contribution in [2.45, 2.75) is 72.3 Å². The standard InChI is InChI=1S/C16H27NO2.2C2H6/c1-4-14(19-3)9-8-13(2)15(12-17)16(18)10-6-5-7-11-16;2*1-2/h4,8-9,15,18H,1,5-7,10-12,17H2,2-3H3;2*1-2H3/b13-8+,14-9+;;. The van der Waals surface area contributed by atoms with Crippen molar-refractivity contribution in [1.29, 1.82) is 0 Å². The lowest BCUT2D eigenvalue weighted by atomic mass is 9.73. The van der Waals surface area contributed by atoms with Gasteiger partial charge in [0.15, 0.2) is 0 Å². The number of allylic oxidation sites excluding steroid dienone is 3. The summed E-state index contributed by atoms with van der Waals surface area (Å²) in [5.41, 5.74) is 6.35. The third-order valence-electron chi connectivity index (χ3n) is 4.10. The van der Waals surface area contributed by atoms with E-state index in [-0.39, 0.29) is 5.92 Å². The van der Waals surface area contributed by atoms with Gasteiger partial charge in [-0.25, -0.2) is 0 Å². The highest BCUT2D eigenvalue weighted by Gasteiger charge is 2.37. The molecular weight excluding hydrogens is 286 g/mol. The van der Waals surface area contributed by atoms with Gasteiger partial charge in [0.1, 0.15) is 5.76 Å². The molecule has 0 aliphatic heterocycles. The number of hydrogen-bond acceptors (Lipinski definition) is 3. The molecule has 1 aliphatic carbocycles. The second-order valence-electron chi connectivity index (χ2n) is 5.34. The summed E-state index contributed by atoms with van der Waals surface area (Å²) >= 11 is 0. The summed E-state index contributed by atoms with van der Waals surface area (Å²) in [4.78, 5) is 0. The Balaban J connectivity index is 0. The Morgan fingerprint density at radius 3 is 2.09 bits per heavy atom. The van der Waals surface area contributed by atoms with Crippen molar-refractivity contribution in [2.24, 2.45) is 11.7 Å². The lowest BCUT2D eigenvalue weighted by molar-refractivity contribution is -0.0337. The topological polar surface area (TPSA) is 55.5 Å². The molecule has 0 aromatic rings. The SMILES string of the molecule is C=C/C(=C\C=C(/C)C(CN)C1(O)CCCCC1)OC.CC.CC. The van der Waals surface area contributed by atoms with Crippen molar-refractivity contribution in [2.75, 3.05) is 13.7 Å². The molecule has 1 saturated carbocycles. The fourth-order valence-corrected chi connectivity index (χ4v) is 2.89. The van der Waals surface area contributed by atoms with E-state index < -0.39 is 5.60 Å². The fraction of sp³-hybridized carbons (Fsp3) is 0.700. The highest BCUT2D eigenvalue weighted by Crippen LogP contribution is 2.37. The molecule has 3 heteroatoms. The summed E-state index contributed by atoms with van der Waals surface area (Å²) in [5, 5.41) is 10.8. The first kappa shape index (κ1) is 24.2. The number of ether oxygens (including phenoxy) is 1. The van der Waals surface area contributed by atoms with Crippen LogP contribution in [-0.4, -0.2) is 24.4 Å². The van der Waals surface area contributed by atoms with Crippen LogP contribution in [0.1, 0.15) is 66.7 Å². The average molecular weight is 326 g/mol. The molecule has 1 unspecified atom stereocenters. The molecule has 1 atom stereocenters. The third-order valence-corrected chi connectivity index (χ3v) is 4.10. The maximum Gasteiger partial charge on any atom is 0.118 e. The van der Waals surface area contributed by atoms with Crippen molar-refractivity contribution in [1.82, 2.24) is 0 Å². The second kappa shape index (κ2) is 14.5. The summed E-state index contributed by atoms with van der Waals surface area (Å²) in [7, 11) is 1.62. The molecular formula is C20H39NO2. The van der Waals surface area contributed by atoms with Gasteiger partial charge in [-0.1, -0.05) is 65.2 Å². The minimum Gasteiger partial charge on any atom is -0.497 e. The van der Waals surface area contributed by atoms with E-state index in [2.05, 4.69) is 6.58 Å². The van der Waals surface area contributed by atoms with Gasteiger partial charge in [0.2, 0.25) is 0 Å². The zero-order valence-corrected chi connectivity index (χ0v) is 16.2. The first-order chi connectivity index (χ1) is 11.1. The highest BCUT2D eigenvalue weighted by atomic mass is 16.5. The van der Waals surface area contributed by atoms with Gasteiger partial charge in [0.25, 0.3) is 0 Å². The van der Waals surface area contributed by atoms with Gasteiger partial charge >= 0.3 is 0 Å². The Bertz CT molecular complexity index is 353. The van der Waals surface area contributed by atoms with Crippen LogP contribution in [0.4, 0.5) is 0 Å². The van der Waals surface area contributed by atoms with E-state index >= 15 is 0 Å². The summed E-state index contributed by atoms with van der Waals surface area (Å²) in [6, 6.07) is 0. The van der Waals surface area contributed by atoms with Gasteiger partial charge in [-0.15, -0.1) is 0 Å². The zero-order chi connectivity index (χ0) is 18.3. The molecule has 23 heavy (non-hydrogen) atoms. The Hall–Kier alpha value is -1.06. The molecule has 0 aromatic heterocycles. The summed E-state index contributed by atoms with van der Waals surface area (Å²) in [5.74, 6) is 0.734. The maximum atomic E-state index is 10.8. The van der Waals surface area contributed by atoms with Gasteiger partial charge in [0, 0.05) is 12.5 Å². The monoisotopic (exact) mass is 325 g/mol. The molecule has 0 radical (unpaired) electrons. The van der Waals surface area contributed by atoms with Crippen LogP contribution < -0.4 is 5.73 Å². The smallest absolute Gasteiger partial charge is 0.118 e. The molecule has 3 N–H and O–H groups in total. The van der Waals surface area contributed by atoms with Crippen LogP contribution in [0.15, 0.2) is 36.1 Å². The van der Waals surface area contributed by atoms with E-state index in [0.717, 1.165) is 31.3 Å². The van der Waals surface area contributed by atoms with Crippen LogP contribution in [0.2, 0.25) is 0 Å². The van der Waals surface area contributed by atoms with Crippen molar-refractivity contribution in [3.05, 3.63) is 36.1 Å². The van der Waals surface area contributed by atoms with Crippen molar-refractivity contribution in [3.63, 3.8) is 0 Å². The van der Waals surface area contributed by atoms with E-state index in [0.29, 0.717) is 12.3 Å². The molecule has 1 aliphatic rings. The normalized spacial score (nSPS) is 18.6. The summed E-state index contributed by atoms with van der Waals surface area (Å²) in [6.45, 7) is 14.2. The van der Waals surface area contributed by atoms with E-state index in [9.17, 15) is 5.11 Å². The molecule has 1 rings (SSSR count). The van der Waals surface area contributed by atoms with Crippen LogP contribution >= 0.6 is 0 Å². The largest absolute Gasteiger partial charge is 0.497 e. The zero-order valence-electron chi connectivity index (χ0n) is 16.2. The Morgan fingerprint density at radius 1 is 1.17 bits per heavy atom. The van der Waals surface area contributed by atoms with Crippen LogP contribution in [0.5, 0.6) is 0 Å². The molecule has 0 saturated heterocycles. The fourth-order valence-electron chi connectivity index (χ4n) is 2.89.